The molecule has 1 amide bonds. The first kappa shape index (κ1) is 19.3. The molecule has 27 heavy (non-hydrogen) atoms. The number of halogens is 4. The molecule has 3 rings (SSSR count). The summed E-state index contributed by atoms with van der Waals surface area (Å²) < 4.78 is 47.8. The van der Waals surface area contributed by atoms with Gasteiger partial charge < -0.3 is 20.1 Å². The molecule has 0 atom stereocenters. The van der Waals surface area contributed by atoms with Gasteiger partial charge in [0.25, 0.3) is 5.91 Å². The van der Waals surface area contributed by atoms with Crippen molar-refractivity contribution in [2.45, 2.75) is 19.3 Å². The molecule has 0 radical (unpaired) electrons. The predicted molar refractivity (Wildman–Crippen MR) is 93.9 cm³/mol. The molecule has 0 bridgehead atoms. The summed E-state index contributed by atoms with van der Waals surface area (Å²) in [5.74, 6) is -0.162. The standard InChI is InChI=1S/C18H16ClF3N2O3/c19-13-5-11(16-12(6-13)8-26-10-27-16)7-23-15-4-2-1-3-14(15)17(25)24-9-18(20,21)22/h1-6,23H,7-10H2,(H,24,25). The highest BCUT2D eigenvalue weighted by Gasteiger charge is 2.28. The summed E-state index contributed by atoms with van der Waals surface area (Å²) in [5, 5.41) is 5.44. The van der Waals surface area contributed by atoms with Crippen LogP contribution in [0.3, 0.4) is 0 Å². The van der Waals surface area contributed by atoms with Crippen LogP contribution in [0.5, 0.6) is 5.75 Å². The van der Waals surface area contributed by atoms with E-state index in [4.69, 9.17) is 21.1 Å². The zero-order valence-electron chi connectivity index (χ0n) is 14.0. The topological polar surface area (TPSA) is 59.6 Å². The number of anilines is 1. The van der Waals surface area contributed by atoms with Crippen molar-refractivity contribution in [3.8, 4) is 5.75 Å². The van der Waals surface area contributed by atoms with E-state index in [1.165, 1.54) is 6.07 Å². The first-order chi connectivity index (χ1) is 12.8. The molecule has 0 saturated carbocycles. The lowest BCUT2D eigenvalue weighted by Gasteiger charge is -2.22. The Hall–Kier alpha value is -2.45. The van der Waals surface area contributed by atoms with Crippen molar-refractivity contribution >= 4 is 23.2 Å². The molecule has 9 heteroatoms. The highest BCUT2D eigenvalue weighted by Crippen LogP contribution is 2.32. The second-order valence-corrected chi connectivity index (χ2v) is 6.30. The number of rotatable bonds is 5. The van der Waals surface area contributed by atoms with Crippen LogP contribution in [0.2, 0.25) is 5.02 Å². The molecule has 2 aromatic carbocycles. The van der Waals surface area contributed by atoms with E-state index in [0.29, 0.717) is 23.1 Å². The Morgan fingerprint density at radius 2 is 2.00 bits per heavy atom. The second-order valence-electron chi connectivity index (χ2n) is 5.86. The first-order valence-corrected chi connectivity index (χ1v) is 8.41. The van der Waals surface area contributed by atoms with Gasteiger partial charge in [0.15, 0.2) is 6.79 Å². The highest BCUT2D eigenvalue weighted by atomic mass is 35.5. The van der Waals surface area contributed by atoms with E-state index in [-0.39, 0.29) is 18.9 Å². The van der Waals surface area contributed by atoms with E-state index in [1.54, 1.807) is 30.3 Å². The Balaban J connectivity index is 1.76. The van der Waals surface area contributed by atoms with Crippen LogP contribution >= 0.6 is 11.6 Å². The summed E-state index contributed by atoms with van der Waals surface area (Å²) in [7, 11) is 0. The lowest BCUT2D eigenvalue weighted by molar-refractivity contribution is -0.123. The Bertz CT molecular complexity index is 843. The Morgan fingerprint density at radius 1 is 1.22 bits per heavy atom. The second kappa shape index (κ2) is 8.06. The minimum atomic E-state index is -4.47. The number of alkyl halides is 3. The lowest BCUT2D eigenvalue weighted by Crippen LogP contribution is -2.34. The van der Waals surface area contributed by atoms with E-state index in [2.05, 4.69) is 5.32 Å². The molecule has 0 fully saturated rings. The van der Waals surface area contributed by atoms with E-state index < -0.39 is 18.6 Å². The zero-order valence-corrected chi connectivity index (χ0v) is 14.8. The molecule has 0 aromatic heterocycles. The van der Waals surface area contributed by atoms with Gasteiger partial charge in [0.05, 0.1) is 12.2 Å². The SMILES string of the molecule is O=C(NCC(F)(F)F)c1ccccc1NCc1cc(Cl)cc2c1OCOC2. The molecule has 2 aromatic rings. The Kier molecular flexibility index (Phi) is 5.76. The highest BCUT2D eigenvalue weighted by molar-refractivity contribution is 6.30. The fourth-order valence-corrected chi connectivity index (χ4v) is 2.95. The van der Waals surface area contributed by atoms with Crippen molar-refractivity contribution in [2.75, 3.05) is 18.7 Å². The van der Waals surface area contributed by atoms with Gasteiger partial charge in [0, 0.05) is 28.4 Å². The molecule has 1 heterocycles. The van der Waals surface area contributed by atoms with E-state index in [9.17, 15) is 18.0 Å². The molecule has 2 N–H and O–H groups in total. The van der Waals surface area contributed by atoms with Gasteiger partial charge in [-0.1, -0.05) is 23.7 Å². The molecule has 0 aliphatic carbocycles. The molecular weight excluding hydrogens is 385 g/mol. The lowest BCUT2D eigenvalue weighted by atomic mass is 10.1. The zero-order chi connectivity index (χ0) is 19.4. The molecule has 0 spiro atoms. The third kappa shape index (κ3) is 5.05. The summed E-state index contributed by atoms with van der Waals surface area (Å²) in [5.41, 5.74) is 2.08. The minimum Gasteiger partial charge on any atom is -0.467 e. The number of benzene rings is 2. The number of carbonyl (C=O) groups is 1. The maximum Gasteiger partial charge on any atom is 0.405 e. The number of nitrogens with one attached hydrogen (secondary N) is 2. The number of para-hydroxylation sites is 1. The smallest absolute Gasteiger partial charge is 0.405 e. The number of carbonyl (C=O) groups excluding carboxylic acids is 1. The summed E-state index contributed by atoms with van der Waals surface area (Å²) in [4.78, 5) is 12.1. The van der Waals surface area contributed by atoms with Crippen LogP contribution in [-0.2, 0) is 17.9 Å². The monoisotopic (exact) mass is 400 g/mol. The van der Waals surface area contributed by atoms with Crippen LogP contribution < -0.4 is 15.4 Å². The normalized spacial score (nSPS) is 13.5. The largest absolute Gasteiger partial charge is 0.467 e. The average Bonchev–Trinajstić information content (AvgIpc) is 2.63. The van der Waals surface area contributed by atoms with Gasteiger partial charge in [-0.25, -0.2) is 0 Å². The van der Waals surface area contributed by atoms with Gasteiger partial charge >= 0.3 is 6.18 Å². The fraction of sp³-hybridized carbons (Fsp3) is 0.278. The molecule has 144 valence electrons. The molecule has 0 unspecified atom stereocenters. The number of hydrogen-bond donors (Lipinski definition) is 2. The maximum atomic E-state index is 12.3. The first-order valence-electron chi connectivity index (χ1n) is 8.03. The van der Waals surface area contributed by atoms with Crippen LogP contribution in [0, 0.1) is 0 Å². The van der Waals surface area contributed by atoms with E-state index in [1.807, 2.05) is 5.32 Å². The number of hydrogen-bond acceptors (Lipinski definition) is 4. The van der Waals surface area contributed by atoms with Gasteiger partial charge in [-0.2, -0.15) is 13.2 Å². The van der Waals surface area contributed by atoms with Gasteiger partial charge in [-0.3, -0.25) is 4.79 Å². The summed E-state index contributed by atoms with van der Waals surface area (Å²) >= 11 is 6.12. The van der Waals surface area contributed by atoms with Crippen molar-refractivity contribution in [1.29, 1.82) is 0 Å². The van der Waals surface area contributed by atoms with Gasteiger partial charge in [-0.15, -0.1) is 0 Å². The molecule has 5 nitrogen and oxygen atoms in total. The maximum absolute atomic E-state index is 12.3. The average molecular weight is 401 g/mol. The summed E-state index contributed by atoms with van der Waals surface area (Å²) in [6, 6.07) is 9.80. The number of ether oxygens (including phenoxy) is 2. The quantitative estimate of drug-likeness (QED) is 0.793. The molecular formula is C18H16ClF3N2O3. The van der Waals surface area contributed by atoms with Crippen LogP contribution in [0.25, 0.3) is 0 Å². The van der Waals surface area contributed by atoms with Crippen molar-refractivity contribution in [3.05, 3.63) is 58.1 Å². The van der Waals surface area contributed by atoms with Gasteiger partial charge in [0.2, 0.25) is 0 Å². The number of amides is 1. The molecule has 1 aliphatic rings. The third-order valence-corrected chi connectivity index (χ3v) is 4.06. The van der Waals surface area contributed by atoms with E-state index >= 15 is 0 Å². The third-order valence-electron chi connectivity index (χ3n) is 3.84. The summed E-state index contributed by atoms with van der Waals surface area (Å²) in [6.45, 7) is -0.625. The van der Waals surface area contributed by atoms with Crippen molar-refractivity contribution in [1.82, 2.24) is 5.32 Å². The molecule has 1 aliphatic heterocycles. The molecule has 0 saturated heterocycles. The van der Waals surface area contributed by atoms with Crippen molar-refractivity contribution in [3.63, 3.8) is 0 Å². The van der Waals surface area contributed by atoms with Crippen LogP contribution in [0.15, 0.2) is 36.4 Å². The van der Waals surface area contributed by atoms with Gasteiger partial charge in [0.1, 0.15) is 12.3 Å². The Labute approximate surface area is 158 Å². The minimum absolute atomic E-state index is 0.113. The number of fused-ring (bicyclic) bond motifs is 1. The van der Waals surface area contributed by atoms with Gasteiger partial charge in [-0.05, 0) is 24.3 Å². The summed E-state index contributed by atoms with van der Waals surface area (Å²) in [6.07, 6.45) is -4.47. The van der Waals surface area contributed by atoms with Crippen molar-refractivity contribution < 1.29 is 27.4 Å². The van der Waals surface area contributed by atoms with E-state index in [0.717, 1.165) is 11.1 Å². The van der Waals surface area contributed by atoms with Crippen LogP contribution in [0.1, 0.15) is 21.5 Å². The Morgan fingerprint density at radius 3 is 2.78 bits per heavy atom. The van der Waals surface area contributed by atoms with Crippen molar-refractivity contribution in [2.24, 2.45) is 0 Å². The fourth-order valence-electron chi connectivity index (χ4n) is 2.69. The van der Waals surface area contributed by atoms with Crippen LogP contribution in [0.4, 0.5) is 18.9 Å². The van der Waals surface area contributed by atoms with Crippen LogP contribution in [-0.4, -0.2) is 25.4 Å². The predicted octanol–water partition coefficient (Wildman–Crippen LogP) is 4.11.